The van der Waals surface area contributed by atoms with Crippen LogP contribution in [0.2, 0.25) is 0 Å². The molecule has 1 aromatic carbocycles. The molecule has 3 N–H and O–H groups in total. The Bertz CT molecular complexity index is 507. The number of anilines is 1. The fourth-order valence-corrected chi connectivity index (χ4v) is 2.74. The Hall–Kier alpha value is -1.18. The van der Waals surface area contributed by atoms with Gasteiger partial charge in [-0.2, -0.15) is 0 Å². The molecule has 0 bridgehead atoms. The van der Waals surface area contributed by atoms with E-state index < -0.39 is 11.7 Å². The monoisotopic (exact) mass is 359 g/mol. The molecule has 1 amide bonds. The van der Waals surface area contributed by atoms with Gasteiger partial charge >= 0.3 is 0 Å². The molecule has 0 spiro atoms. The number of benzene rings is 1. The van der Waals surface area contributed by atoms with Crippen LogP contribution in [0.25, 0.3) is 0 Å². The highest BCUT2D eigenvalue weighted by Crippen LogP contribution is 2.24. The van der Waals surface area contributed by atoms with Crippen LogP contribution in [0.15, 0.2) is 16.6 Å². The number of ether oxygens (including phenoxy) is 1. The average molecular weight is 360 g/mol. The highest BCUT2D eigenvalue weighted by Gasteiger charge is 2.15. The van der Waals surface area contributed by atoms with E-state index in [1.165, 1.54) is 6.07 Å². The van der Waals surface area contributed by atoms with Crippen molar-refractivity contribution in [3.63, 3.8) is 0 Å². The van der Waals surface area contributed by atoms with Crippen LogP contribution >= 0.6 is 15.9 Å². The van der Waals surface area contributed by atoms with Crippen LogP contribution in [-0.2, 0) is 4.74 Å². The van der Waals surface area contributed by atoms with Crippen molar-refractivity contribution in [3.05, 3.63) is 28.0 Å². The van der Waals surface area contributed by atoms with Gasteiger partial charge in [0.15, 0.2) is 0 Å². The summed E-state index contributed by atoms with van der Waals surface area (Å²) < 4.78 is 19.6. The van der Waals surface area contributed by atoms with Crippen LogP contribution in [0.1, 0.15) is 16.8 Å². The number of primary amides is 1. The largest absolute Gasteiger partial charge is 0.384 e. The molecule has 7 heteroatoms. The first-order valence-electron chi connectivity index (χ1n) is 6.91. The molecule has 1 aliphatic heterocycles. The van der Waals surface area contributed by atoms with Gasteiger partial charge in [0.25, 0.3) is 5.91 Å². The third-order valence-corrected chi connectivity index (χ3v) is 3.83. The summed E-state index contributed by atoms with van der Waals surface area (Å²) in [6, 6.07) is 2.90. The zero-order chi connectivity index (χ0) is 15.2. The number of morpholine rings is 1. The van der Waals surface area contributed by atoms with Crippen molar-refractivity contribution in [1.29, 1.82) is 0 Å². The van der Waals surface area contributed by atoms with Gasteiger partial charge in [0, 0.05) is 24.1 Å². The fraction of sp³-hybridized carbons (Fsp3) is 0.500. The van der Waals surface area contributed by atoms with E-state index in [9.17, 15) is 9.18 Å². The summed E-state index contributed by atoms with van der Waals surface area (Å²) in [6.07, 6.45) is 0.895. The lowest BCUT2D eigenvalue weighted by Crippen LogP contribution is -2.37. The Morgan fingerprint density at radius 1 is 1.43 bits per heavy atom. The van der Waals surface area contributed by atoms with Gasteiger partial charge < -0.3 is 15.8 Å². The molecular weight excluding hydrogens is 341 g/mol. The van der Waals surface area contributed by atoms with Gasteiger partial charge in [-0.05, 0) is 25.1 Å². The molecule has 0 radical (unpaired) electrons. The van der Waals surface area contributed by atoms with Gasteiger partial charge in [-0.25, -0.2) is 4.39 Å². The number of amides is 1. The third-order valence-electron chi connectivity index (χ3n) is 3.37. The molecule has 1 saturated heterocycles. The minimum Gasteiger partial charge on any atom is -0.384 e. The SMILES string of the molecule is NC(=O)c1c(F)cc(Br)cc1NCCCN1CCOCC1. The van der Waals surface area contributed by atoms with Crippen molar-refractivity contribution in [2.24, 2.45) is 5.73 Å². The Balaban J connectivity index is 1.88. The van der Waals surface area contributed by atoms with E-state index in [1.807, 2.05) is 0 Å². The molecular formula is C14H19BrFN3O2. The Kier molecular flexibility index (Phi) is 5.96. The first-order chi connectivity index (χ1) is 10.1. The van der Waals surface area contributed by atoms with Crippen molar-refractivity contribution in [2.45, 2.75) is 6.42 Å². The lowest BCUT2D eigenvalue weighted by Gasteiger charge is -2.26. The number of rotatable bonds is 6. The van der Waals surface area contributed by atoms with Gasteiger partial charge in [-0.3, -0.25) is 9.69 Å². The van der Waals surface area contributed by atoms with Gasteiger partial charge in [-0.1, -0.05) is 15.9 Å². The van der Waals surface area contributed by atoms with E-state index in [4.69, 9.17) is 10.5 Å². The summed E-state index contributed by atoms with van der Waals surface area (Å²) in [5, 5.41) is 3.09. The molecule has 0 unspecified atom stereocenters. The minimum absolute atomic E-state index is 0.0930. The number of nitrogens with one attached hydrogen (secondary N) is 1. The summed E-state index contributed by atoms with van der Waals surface area (Å²) in [7, 11) is 0. The van der Waals surface area contributed by atoms with Crippen molar-refractivity contribution >= 4 is 27.5 Å². The second kappa shape index (κ2) is 7.72. The van der Waals surface area contributed by atoms with Gasteiger partial charge in [0.05, 0.1) is 24.5 Å². The molecule has 1 fully saturated rings. The molecule has 1 aliphatic rings. The van der Waals surface area contributed by atoms with Gasteiger partial charge in [0.2, 0.25) is 0 Å². The predicted octanol–water partition coefficient (Wildman–Crippen LogP) is 1.82. The Morgan fingerprint density at radius 3 is 2.81 bits per heavy atom. The number of carbonyl (C=O) groups excluding carboxylic acids is 1. The lowest BCUT2D eigenvalue weighted by molar-refractivity contribution is 0.0378. The number of nitrogens with zero attached hydrogens (tertiary/aromatic N) is 1. The highest BCUT2D eigenvalue weighted by molar-refractivity contribution is 9.10. The summed E-state index contributed by atoms with van der Waals surface area (Å²) in [4.78, 5) is 13.7. The Morgan fingerprint density at radius 2 is 2.14 bits per heavy atom. The number of carbonyl (C=O) groups is 1. The van der Waals surface area contributed by atoms with E-state index in [0.29, 0.717) is 16.7 Å². The number of hydrogen-bond donors (Lipinski definition) is 2. The molecule has 1 heterocycles. The van der Waals surface area contributed by atoms with E-state index in [2.05, 4.69) is 26.1 Å². The topological polar surface area (TPSA) is 67.6 Å². The summed E-state index contributed by atoms with van der Waals surface area (Å²) in [5.74, 6) is -1.39. The maximum atomic E-state index is 13.8. The summed E-state index contributed by atoms with van der Waals surface area (Å²) in [5.41, 5.74) is 5.56. The van der Waals surface area contributed by atoms with Crippen LogP contribution in [0.5, 0.6) is 0 Å². The van der Waals surface area contributed by atoms with Crippen molar-refractivity contribution in [3.8, 4) is 0 Å². The van der Waals surface area contributed by atoms with Gasteiger partial charge in [-0.15, -0.1) is 0 Å². The van der Waals surface area contributed by atoms with Crippen LogP contribution in [0, 0.1) is 5.82 Å². The normalized spacial score (nSPS) is 15.9. The average Bonchev–Trinajstić information content (AvgIpc) is 2.43. The van der Waals surface area contributed by atoms with Crippen molar-refractivity contribution < 1.29 is 13.9 Å². The molecule has 21 heavy (non-hydrogen) atoms. The van der Waals surface area contributed by atoms with E-state index in [0.717, 1.165) is 39.3 Å². The van der Waals surface area contributed by atoms with Crippen LogP contribution in [0.3, 0.4) is 0 Å². The van der Waals surface area contributed by atoms with Crippen LogP contribution in [-0.4, -0.2) is 50.2 Å². The summed E-state index contributed by atoms with van der Waals surface area (Å²) in [6.45, 7) is 5.02. The first-order valence-corrected chi connectivity index (χ1v) is 7.70. The number of nitrogens with two attached hydrogens (primary N) is 1. The van der Waals surface area contributed by atoms with E-state index >= 15 is 0 Å². The highest BCUT2D eigenvalue weighted by atomic mass is 79.9. The standard InChI is InChI=1S/C14H19BrFN3O2/c15-10-8-11(16)13(14(17)20)12(9-10)18-2-1-3-19-4-6-21-7-5-19/h8-9,18H,1-7H2,(H2,17,20). The third kappa shape index (κ3) is 4.66. The number of hydrogen-bond acceptors (Lipinski definition) is 4. The van der Waals surface area contributed by atoms with Crippen LogP contribution in [0.4, 0.5) is 10.1 Å². The molecule has 116 valence electrons. The quantitative estimate of drug-likeness (QED) is 0.760. The maximum Gasteiger partial charge on any atom is 0.253 e. The maximum absolute atomic E-state index is 13.8. The lowest BCUT2D eigenvalue weighted by atomic mass is 10.1. The molecule has 0 saturated carbocycles. The Labute approximate surface area is 131 Å². The van der Waals surface area contributed by atoms with Gasteiger partial charge in [0.1, 0.15) is 5.82 Å². The molecule has 0 atom stereocenters. The predicted molar refractivity (Wildman–Crippen MR) is 83.0 cm³/mol. The molecule has 2 rings (SSSR count). The second-order valence-corrected chi connectivity index (χ2v) is 5.82. The smallest absolute Gasteiger partial charge is 0.253 e. The minimum atomic E-state index is -0.768. The van der Waals surface area contributed by atoms with E-state index in [-0.39, 0.29) is 5.56 Å². The number of halogens is 2. The molecule has 5 nitrogen and oxygen atoms in total. The van der Waals surface area contributed by atoms with Crippen molar-refractivity contribution in [1.82, 2.24) is 4.90 Å². The first kappa shape index (κ1) is 16.2. The molecule has 0 aliphatic carbocycles. The zero-order valence-electron chi connectivity index (χ0n) is 11.7. The molecule has 0 aromatic heterocycles. The summed E-state index contributed by atoms with van der Waals surface area (Å²) >= 11 is 3.21. The van der Waals surface area contributed by atoms with Crippen molar-refractivity contribution in [2.75, 3.05) is 44.7 Å². The molecule has 1 aromatic rings. The van der Waals surface area contributed by atoms with Crippen LogP contribution < -0.4 is 11.1 Å². The second-order valence-electron chi connectivity index (χ2n) is 4.91. The fourth-order valence-electron chi connectivity index (χ4n) is 2.31. The van der Waals surface area contributed by atoms with E-state index in [1.54, 1.807) is 6.07 Å². The zero-order valence-corrected chi connectivity index (χ0v) is 13.3.